The highest BCUT2D eigenvalue weighted by Crippen LogP contribution is 2.31. The number of furan rings is 1. The Labute approximate surface area is 180 Å². The van der Waals surface area contributed by atoms with Crippen molar-refractivity contribution in [3.63, 3.8) is 0 Å². The van der Waals surface area contributed by atoms with Crippen LogP contribution in [-0.2, 0) is 0 Å². The van der Waals surface area contributed by atoms with Gasteiger partial charge in [0.2, 0.25) is 0 Å². The van der Waals surface area contributed by atoms with Crippen molar-refractivity contribution in [3.05, 3.63) is 86.6 Å². The summed E-state index contributed by atoms with van der Waals surface area (Å²) in [4.78, 5) is 4.50. The van der Waals surface area contributed by atoms with Gasteiger partial charge in [-0.05, 0) is 54.6 Å². The molecule has 0 bridgehead atoms. The molecule has 142 valence electrons. The Hall–Kier alpha value is -2.91. The van der Waals surface area contributed by atoms with E-state index in [0.29, 0.717) is 37.8 Å². The number of thiazole rings is 1. The Morgan fingerprint density at radius 1 is 1.03 bits per heavy atom. The summed E-state index contributed by atoms with van der Waals surface area (Å²) in [5.41, 5.74) is 2.62. The predicted octanol–water partition coefficient (Wildman–Crippen LogP) is 7.58. The number of hydrogen-bond donors (Lipinski definition) is 0. The molecule has 4 aromatic rings. The lowest BCUT2D eigenvalue weighted by atomic mass is 10.2. The molecule has 0 radical (unpaired) electrons. The molecule has 0 saturated heterocycles. The molecule has 0 amide bonds. The fourth-order valence-electron chi connectivity index (χ4n) is 2.67. The van der Waals surface area contributed by atoms with Gasteiger partial charge in [-0.3, -0.25) is 0 Å². The first kappa shape index (κ1) is 19.4. The molecule has 2 aromatic heterocycles. The number of rotatable bonds is 4. The van der Waals surface area contributed by atoms with Gasteiger partial charge in [-0.1, -0.05) is 23.2 Å². The Morgan fingerprint density at radius 2 is 1.79 bits per heavy atom. The summed E-state index contributed by atoms with van der Waals surface area (Å²) in [5, 5.41) is 12.9. The first-order valence-electron chi connectivity index (χ1n) is 8.42. The molecule has 2 heterocycles. The molecule has 29 heavy (non-hydrogen) atoms. The lowest BCUT2D eigenvalue weighted by molar-refractivity contribution is 0.572. The van der Waals surface area contributed by atoms with E-state index in [1.165, 1.54) is 23.5 Å². The molecule has 2 aromatic carbocycles. The predicted molar refractivity (Wildman–Crippen MR) is 115 cm³/mol. The van der Waals surface area contributed by atoms with Gasteiger partial charge in [0.25, 0.3) is 0 Å². The summed E-state index contributed by atoms with van der Waals surface area (Å²) in [5.74, 6) is 0.816. The van der Waals surface area contributed by atoms with Crippen molar-refractivity contribution < 1.29 is 8.81 Å². The molecule has 0 aliphatic heterocycles. The van der Waals surface area contributed by atoms with E-state index < -0.39 is 0 Å². The quantitative estimate of drug-likeness (QED) is 0.307. The van der Waals surface area contributed by atoms with E-state index in [1.54, 1.807) is 42.5 Å². The van der Waals surface area contributed by atoms with E-state index >= 15 is 0 Å². The average molecular weight is 441 g/mol. The fraction of sp³-hybridized carbons (Fsp3) is 0. The van der Waals surface area contributed by atoms with Crippen LogP contribution in [0, 0.1) is 17.1 Å². The van der Waals surface area contributed by atoms with Crippen molar-refractivity contribution >= 4 is 46.2 Å². The second-order valence-corrected chi connectivity index (χ2v) is 7.72. The van der Waals surface area contributed by atoms with Crippen molar-refractivity contribution in [2.24, 2.45) is 0 Å². The van der Waals surface area contributed by atoms with E-state index in [9.17, 15) is 9.65 Å². The van der Waals surface area contributed by atoms with Crippen LogP contribution in [0.2, 0.25) is 10.0 Å². The van der Waals surface area contributed by atoms with Gasteiger partial charge >= 0.3 is 0 Å². The van der Waals surface area contributed by atoms with Gasteiger partial charge in [-0.2, -0.15) is 5.26 Å². The minimum atomic E-state index is -0.308. The van der Waals surface area contributed by atoms with Crippen molar-refractivity contribution in [2.75, 3.05) is 0 Å². The van der Waals surface area contributed by atoms with Gasteiger partial charge in [0.05, 0.1) is 21.3 Å². The van der Waals surface area contributed by atoms with Crippen LogP contribution in [0.15, 0.2) is 64.4 Å². The maximum atomic E-state index is 13.1. The van der Waals surface area contributed by atoms with Crippen molar-refractivity contribution in [1.29, 1.82) is 5.26 Å². The third-order valence-electron chi connectivity index (χ3n) is 4.11. The van der Waals surface area contributed by atoms with Crippen molar-refractivity contribution in [1.82, 2.24) is 4.98 Å². The van der Waals surface area contributed by atoms with Crippen LogP contribution in [0.4, 0.5) is 4.39 Å². The molecule has 4 rings (SSSR count). The molecular weight excluding hydrogens is 430 g/mol. The van der Waals surface area contributed by atoms with Crippen LogP contribution in [0.5, 0.6) is 0 Å². The standard InChI is InChI=1S/C22H11Cl2FN2OS/c23-18-7-3-14(10-19(18)24)21-8-6-17(28-21)9-15(11-26)22-27-20(12-29-22)13-1-4-16(25)5-2-13/h1-10,12H. The highest BCUT2D eigenvalue weighted by atomic mass is 35.5. The first-order valence-corrected chi connectivity index (χ1v) is 10.1. The lowest BCUT2D eigenvalue weighted by Gasteiger charge is -1.99. The number of nitrogens with zero attached hydrogens (tertiary/aromatic N) is 2. The van der Waals surface area contributed by atoms with Crippen LogP contribution < -0.4 is 0 Å². The highest BCUT2D eigenvalue weighted by Gasteiger charge is 2.11. The number of allylic oxidation sites excluding steroid dienone is 1. The zero-order valence-corrected chi connectivity index (χ0v) is 17.0. The maximum absolute atomic E-state index is 13.1. The highest BCUT2D eigenvalue weighted by molar-refractivity contribution is 7.11. The molecular formula is C22H11Cl2FN2OS. The molecule has 0 fully saturated rings. The maximum Gasteiger partial charge on any atom is 0.134 e. The van der Waals surface area contributed by atoms with E-state index in [4.69, 9.17) is 27.6 Å². The molecule has 0 unspecified atom stereocenters. The van der Waals surface area contributed by atoms with Crippen LogP contribution in [0.25, 0.3) is 34.2 Å². The fourth-order valence-corrected chi connectivity index (χ4v) is 3.76. The number of benzene rings is 2. The first-order chi connectivity index (χ1) is 14.0. The summed E-state index contributed by atoms with van der Waals surface area (Å²) in [6, 6.07) is 17.0. The average Bonchev–Trinajstić information content (AvgIpc) is 3.39. The monoisotopic (exact) mass is 440 g/mol. The van der Waals surface area contributed by atoms with Gasteiger partial charge in [0.15, 0.2) is 0 Å². The Morgan fingerprint density at radius 3 is 2.52 bits per heavy atom. The molecule has 7 heteroatoms. The summed E-state index contributed by atoms with van der Waals surface area (Å²) >= 11 is 13.4. The van der Waals surface area contributed by atoms with Gasteiger partial charge in [0.1, 0.15) is 28.4 Å². The zero-order valence-electron chi connectivity index (χ0n) is 14.7. The third-order valence-corrected chi connectivity index (χ3v) is 5.73. The number of nitriles is 1. The van der Waals surface area contributed by atoms with Gasteiger partial charge in [0, 0.05) is 22.6 Å². The molecule has 0 aliphatic carbocycles. The third kappa shape index (κ3) is 4.25. The molecule has 3 nitrogen and oxygen atoms in total. The zero-order chi connectivity index (χ0) is 20.4. The Bertz CT molecular complexity index is 1250. The second kappa shape index (κ2) is 8.22. The SMILES string of the molecule is N#CC(=Cc1ccc(-c2ccc(Cl)c(Cl)c2)o1)c1nc(-c2ccc(F)cc2)cs1. The summed E-state index contributed by atoms with van der Waals surface area (Å²) in [7, 11) is 0. The smallest absolute Gasteiger partial charge is 0.134 e. The molecule has 0 aliphatic rings. The topological polar surface area (TPSA) is 49.8 Å². The number of halogens is 3. The Balaban J connectivity index is 1.62. The van der Waals surface area contributed by atoms with Crippen LogP contribution >= 0.6 is 34.5 Å². The van der Waals surface area contributed by atoms with E-state index in [1.807, 2.05) is 11.4 Å². The second-order valence-electron chi connectivity index (χ2n) is 6.05. The largest absolute Gasteiger partial charge is 0.457 e. The van der Waals surface area contributed by atoms with Crippen molar-refractivity contribution in [3.8, 4) is 28.7 Å². The van der Waals surface area contributed by atoms with E-state index in [2.05, 4.69) is 11.1 Å². The van der Waals surface area contributed by atoms with Crippen LogP contribution in [-0.4, -0.2) is 4.98 Å². The molecule has 0 N–H and O–H groups in total. The van der Waals surface area contributed by atoms with E-state index in [0.717, 1.165) is 11.1 Å². The lowest BCUT2D eigenvalue weighted by Crippen LogP contribution is -1.83. The van der Waals surface area contributed by atoms with Gasteiger partial charge in [-0.15, -0.1) is 11.3 Å². The molecule has 0 spiro atoms. The molecule has 0 atom stereocenters. The van der Waals surface area contributed by atoms with Gasteiger partial charge in [-0.25, -0.2) is 9.37 Å². The number of aromatic nitrogens is 1. The minimum absolute atomic E-state index is 0.308. The van der Waals surface area contributed by atoms with Crippen LogP contribution in [0.3, 0.4) is 0 Å². The normalized spacial score (nSPS) is 11.4. The molecule has 0 saturated carbocycles. The Kier molecular flexibility index (Phi) is 5.50. The minimum Gasteiger partial charge on any atom is -0.457 e. The summed E-state index contributed by atoms with van der Waals surface area (Å²) in [6.07, 6.45) is 1.63. The van der Waals surface area contributed by atoms with E-state index in [-0.39, 0.29) is 5.82 Å². The number of hydrogen-bond acceptors (Lipinski definition) is 4. The van der Waals surface area contributed by atoms with Crippen molar-refractivity contribution in [2.45, 2.75) is 0 Å². The van der Waals surface area contributed by atoms with Gasteiger partial charge < -0.3 is 4.42 Å². The summed E-state index contributed by atoms with van der Waals surface area (Å²) < 4.78 is 18.9. The summed E-state index contributed by atoms with van der Waals surface area (Å²) in [6.45, 7) is 0. The van der Waals surface area contributed by atoms with Crippen LogP contribution in [0.1, 0.15) is 10.8 Å².